The van der Waals surface area contributed by atoms with Crippen molar-refractivity contribution < 1.29 is 34.7 Å². The molecule has 0 saturated carbocycles. The van der Waals surface area contributed by atoms with Crippen molar-refractivity contribution in [1.82, 2.24) is 0 Å². The first-order valence-electron chi connectivity index (χ1n) is 9.18. The van der Waals surface area contributed by atoms with Gasteiger partial charge in [0.15, 0.2) is 19.7 Å². The molecular formula is C20H20ClF3O5S2. The molecule has 170 valence electrons. The second-order valence-corrected chi connectivity index (χ2v) is 12.6. The van der Waals surface area contributed by atoms with Gasteiger partial charge in [-0.3, -0.25) is 0 Å². The van der Waals surface area contributed by atoms with E-state index in [1.54, 1.807) is 0 Å². The molecule has 1 fully saturated rings. The van der Waals surface area contributed by atoms with Crippen LogP contribution in [0.25, 0.3) is 0 Å². The highest BCUT2D eigenvalue weighted by molar-refractivity contribution is 7.92. The number of hydrogen-bond acceptors (Lipinski definition) is 5. The quantitative estimate of drug-likeness (QED) is 0.605. The van der Waals surface area contributed by atoms with Gasteiger partial charge in [-0.15, -0.1) is 0 Å². The van der Waals surface area contributed by atoms with E-state index in [0.717, 1.165) is 24.5 Å². The molecule has 5 nitrogen and oxygen atoms in total. The topological polar surface area (TPSA) is 77.5 Å². The van der Waals surface area contributed by atoms with E-state index in [4.69, 9.17) is 16.3 Å². The summed E-state index contributed by atoms with van der Waals surface area (Å²) in [6.07, 6.45) is -4.65. The fourth-order valence-electron chi connectivity index (χ4n) is 3.63. The van der Waals surface area contributed by atoms with Gasteiger partial charge in [-0.1, -0.05) is 23.7 Å². The standard InChI is InChI=1S/C20H20ClF3O5S2/c1-19(31(27,28)15-5-3-4-13(10-15)20(22,23)24)8-9-29-17(12-19)16-7-6-14(21)11-18(16)30(2,25)26/h3-7,10-11,17H,8-9,12H2,1-2H3. The zero-order chi connectivity index (χ0) is 23.2. The van der Waals surface area contributed by atoms with E-state index in [-0.39, 0.29) is 34.9 Å². The van der Waals surface area contributed by atoms with Crippen molar-refractivity contribution in [3.05, 3.63) is 58.6 Å². The van der Waals surface area contributed by atoms with Gasteiger partial charge in [0, 0.05) is 17.9 Å². The van der Waals surface area contributed by atoms with Crippen LogP contribution >= 0.6 is 11.6 Å². The minimum absolute atomic E-state index is 0.00874. The predicted molar refractivity (Wildman–Crippen MR) is 110 cm³/mol. The van der Waals surface area contributed by atoms with Gasteiger partial charge in [-0.25, -0.2) is 16.8 Å². The van der Waals surface area contributed by atoms with Crippen LogP contribution in [-0.2, 0) is 30.6 Å². The number of alkyl halides is 3. The Labute approximate surface area is 184 Å². The highest BCUT2D eigenvalue weighted by Gasteiger charge is 2.46. The number of ether oxygens (including phenoxy) is 1. The smallest absolute Gasteiger partial charge is 0.373 e. The van der Waals surface area contributed by atoms with E-state index in [1.807, 2.05) is 0 Å². The molecule has 0 amide bonds. The molecule has 0 spiro atoms. The van der Waals surface area contributed by atoms with Crippen molar-refractivity contribution in [2.24, 2.45) is 0 Å². The first kappa shape index (κ1) is 24.0. The number of sulfone groups is 2. The van der Waals surface area contributed by atoms with E-state index in [9.17, 15) is 30.0 Å². The number of hydrogen-bond donors (Lipinski definition) is 0. The molecule has 31 heavy (non-hydrogen) atoms. The van der Waals surface area contributed by atoms with Gasteiger partial charge in [0.25, 0.3) is 0 Å². The molecule has 1 aliphatic heterocycles. The van der Waals surface area contributed by atoms with Gasteiger partial charge >= 0.3 is 6.18 Å². The van der Waals surface area contributed by atoms with Crippen molar-refractivity contribution in [1.29, 1.82) is 0 Å². The van der Waals surface area contributed by atoms with Crippen LogP contribution in [0.1, 0.15) is 37.0 Å². The Morgan fingerprint density at radius 2 is 1.77 bits per heavy atom. The molecule has 1 heterocycles. The Morgan fingerprint density at radius 1 is 1.10 bits per heavy atom. The molecule has 0 aromatic heterocycles. The molecule has 1 aliphatic rings. The summed E-state index contributed by atoms with van der Waals surface area (Å²) in [7, 11) is -7.89. The molecule has 2 aromatic carbocycles. The summed E-state index contributed by atoms with van der Waals surface area (Å²) in [5.74, 6) is 0. The van der Waals surface area contributed by atoms with Crippen LogP contribution in [0.15, 0.2) is 52.3 Å². The van der Waals surface area contributed by atoms with E-state index in [0.29, 0.717) is 6.07 Å². The van der Waals surface area contributed by atoms with Crippen LogP contribution in [0.3, 0.4) is 0 Å². The number of benzene rings is 2. The molecule has 0 aliphatic carbocycles. The molecule has 2 unspecified atom stereocenters. The van der Waals surface area contributed by atoms with Crippen LogP contribution in [-0.4, -0.2) is 34.4 Å². The first-order valence-corrected chi connectivity index (χ1v) is 12.9. The molecule has 11 heteroatoms. The van der Waals surface area contributed by atoms with Crippen molar-refractivity contribution in [3.63, 3.8) is 0 Å². The Bertz CT molecular complexity index is 1210. The first-order chi connectivity index (χ1) is 14.1. The molecule has 0 bridgehead atoms. The van der Waals surface area contributed by atoms with Crippen LogP contribution in [0.5, 0.6) is 0 Å². The summed E-state index contributed by atoms with van der Waals surface area (Å²) in [5, 5.41) is 0.194. The Kier molecular flexibility index (Phi) is 6.25. The summed E-state index contributed by atoms with van der Waals surface area (Å²) in [4.78, 5) is -0.518. The fraction of sp³-hybridized carbons (Fsp3) is 0.400. The summed E-state index contributed by atoms with van der Waals surface area (Å²) < 4.78 is 94.6. The molecule has 2 atom stereocenters. The highest BCUT2D eigenvalue weighted by Crippen LogP contribution is 2.44. The fourth-order valence-corrected chi connectivity index (χ4v) is 6.67. The molecule has 3 rings (SSSR count). The highest BCUT2D eigenvalue weighted by atomic mass is 35.5. The second kappa shape index (κ2) is 8.06. The van der Waals surface area contributed by atoms with Crippen molar-refractivity contribution >= 4 is 31.3 Å². The molecule has 0 N–H and O–H groups in total. The number of halogens is 4. The van der Waals surface area contributed by atoms with Crippen molar-refractivity contribution in [3.8, 4) is 0 Å². The van der Waals surface area contributed by atoms with Gasteiger partial charge < -0.3 is 4.74 Å². The third kappa shape index (κ3) is 4.76. The second-order valence-electron chi connectivity index (χ2n) is 7.75. The van der Waals surface area contributed by atoms with Gasteiger partial charge in [-0.2, -0.15) is 13.2 Å². The van der Waals surface area contributed by atoms with Crippen molar-refractivity contribution in [2.45, 2.75) is 46.6 Å². The van der Waals surface area contributed by atoms with E-state index >= 15 is 0 Å². The van der Waals surface area contributed by atoms with Crippen LogP contribution in [0.4, 0.5) is 13.2 Å². The SMILES string of the molecule is CC1(S(=O)(=O)c2cccc(C(F)(F)F)c2)CCOC(c2ccc(Cl)cc2S(C)(=O)=O)C1. The lowest BCUT2D eigenvalue weighted by Gasteiger charge is -2.38. The minimum atomic E-state index is -4.68. The lowest BCUT2D eigenvalue weighted by atomic mass is 9.92. The van der Waals surface area contributed by atoms with Crippen LogP contribution in [0.2, 0.25) is 5.02 Å². The van der Waals surface area contributed by atoms with E-state index < -0.39 is 47.2 Å². The monoisotopic (exact) mass is 496 g/mol. The average molecular weight is 497 g/mol. The lowest BCUT2D eigenvalue weighted by molar-refractivity contribution is -0.137. The Hall–Kier alpha value is -1.62. The van der Waals surface area contributed by atoms with Gasteiger partial charge in [0.05, 0.1) is 26.2 Å². The number of rotatable bonds is 4. The molecule has 2 aromatic rings. The third-order valence-electron chi connectivity index (χ3n) is 5.41. The third-order valence-corrected chi connectivity index (χ3v) is 9.34. The maximum Gasteiger partial charge on any atom is 0.416 e. The summed E-state index contributed by atoms with van der Waals surface area (Å²) in [5.41, 5.74) is -0.796. The molecular weight excluding hydrogens is 477 g/mol. The molecule has 0 radical (unpaired) electrons. The predicted octanol–water partition coefficient (Wildman–Crippen LogP) is 4.85. The van der Waals surface area contributed by atoms with Gasteiger partial charge in [-0.05, 0) is 55.7 Å². The van der Waals surface area contributed by atoms with Crippen LogP contribution < -0.4 is 0 Å². The zero-order valence-corrected chi connectivity index (χ0v) is 19.0. The Morgan fingerprint density at radius 3 is 2.39 bits per heavy atom. The van der Waals surface area contributed by atoms with Crippen LogP contribution in [0, 0.1) is 0 Å². The van der Waals surface area contributed by atoms with Gasteiger partial charge in [0.2, 0.25) is 0 Å². The summed E-state index contributed by atoms with van der Waals surface area (Å²) >= 11 is 5.93. The van der Waals surface area contributed by atoms with Crippen molar-refractivity contribution in [2.75, 3.05) is 12.9 Å². The average Bonchev–Trinajstić information content (AvgIpc) is 2.66. The maximum absolute atomic E-state index is 13.3. The van der Waals surface area contributed by atoms with E-state index in [1.165, 1.54) is 25.1 Å². The summed E-state index contributed by atoms with van der Waals surface area (Å²) in [6, 6.07) is 7.81. The zero-order valence-electron chi connectivity index (χ0n) is 16.6. The normalized spacial score (nSPS) is 23.0. The Balaban J connectivity index is 2.03. The van der Waals surface area contributed by atoms with E-state index in [2.05, 4.69) is 0 Å². The lowest BCUT2D eigenvalue weighted by Crippen LogP contribution is -2.42. The largest absolute Gasteiger partial charge is 0.416 e. The minimum Gasteiger partial charge on any atom is -0.373 e. The molecule has 1 saturated heterocycles. The summed E-state index contributed by atoms with van der Waals surface area (Å²) in [6.45, 7) is 1.43. The van der Waals surface area contributed by atoms with Gasteiger partial charge in [0.1, 0.15) is 0 Å². The maximum atomic E-state index is 13.3.